The average Bonchev–Trinajstić information content (AvgIpc) is 3.20. The van der Waals surface area contributed by atoms with E-state index in [1.54, 1.807) is 0 Å². The summed E-state index contributed by atoms with van der Waals surface area (Å²) in [5.41, 5.74) is 3.54. The molecule has 8 nitrogen and oxygen atoms in total. The van der Waals surface area contributed by atoms with Crippen LogP contribution in [-0.4, -0.2) is 51.3 Å². The lowest BCUT2D eigenvalue weighted by atomic mass is 10.0. The molecule has 5 rings (SSSR count). The largest absolute Gasteiger partial charge is 0.311 e. The molecule has 9 heteroatoms. The van der Waals surface area contributed by atoms with Crippen molar-refractivity contribution in [2.45, 2.75) is 25.8 Å². The van der Waals surface area contributed by atoms with Gasteiger partial charge in [-0.2, -0.15) is 0 Å². The Morgan fingerprint density at radius 3 is 2.90 bits per heavy atom. The minimum Gasteiger partial charge on any atom is -0.311 e. The molecular formula is C22H22N6O2S. The first-order valence-corrected chi connectivity index (χ1v) is 11.2. The third-order valence-corrected chi connectivity index (χ3v) is 6.59. The summed E-state index contributed by atoms with van der Waals surface area (Å²) in [6.45, 7) is 2.59. The molecule has 0 bridgehead atoms. The summed E-state index contributed by atoms with van der Waals surface area (Å²) >= 11 is 1.46. The highest BCUT2D eigenvalue weighted by Crippen LogP contribution is 2.30. The lowest BCUT2D eigenvalue weighted by Crippen LogP contribution is -2.44. The van der Waals surface area contributed by atoms with Crippen LogP contribution in [-0.2, 0) is 24.2 Å². The maximum Gasteiger partial charge on any atom is 0.277 e. The van der Waals surface area contributed by atoms with Gasteiger partial charge >= 0.3 is 0 Å². The second kappa shape index (κ2) is 8.52. The summed E-state index contributed by atoms with van der Waals surface area (Å²) in [6, 6.07) is 8.17. The predicted molar refractivity (Wildman–Crippen MR) is 118 cm³/mol. The fourth-order valence-electron chi connectivity index (χ4n) is 4.08. The highest BCUT2D eigenvalue weighted by molar-refractivity contribution is 7.15. The Labute approximate surface area is 184 Å². The van der Waals surface area contributed by atoms with E-state index < -0.39 is 0 Å². The van der Waals surface area contributed by atoms with Crippen molar-refractivity contribution in [2.24, 2.45) is 0 Å². The van der Waals surface area contributed by atoms with Crippen LogP contribution in [0.25, 0.3) is 0 Å². The summed E-state index contributed by atoms with van der Waals surface area (Å²) in [4.78, 5) is 43.0. The maximum atomic E-state index is 13.1. The van der Waals surface area contributed by atoms with Gasteiger partial charge in [-0.15, -0.1) is 11.3 Å². The number of carbonyl (C=O) groups is 2. The normalized spacial score (nSPS) is 15.8. The second-order valence-electron chi connectivity index (χ2n) is 7.67. The van der Waals surface area contributed by atoms with Crippen molar-refractivity contribution in [3.05, 3.63) is 64.7 Å². The van der Waals surface area contributed by atoms with E-state index >= 15 is 0 Å². The summed E-state index contributed by atoms with van der Waals surface area (Å²) < 4.78 is 0. The third kappa shape index (κ3) is 4.19. The number of aryl methyl sites for hydroxylation is 1. The van der Waals surface area contributed by atoms with Gasteiger partial charge in [0.15, 0.2) is 5.13 Å². The van der Waals surface area contributed by atoms with Gasteiger partial charge in [0.1, 0.15) is 5.69 Å². The van der Waals surface area contributed by atoms with Gasteiger partial charge in [0.05, 0.1) is 18.4 Å². The van der Waals surface area contributed by atoms with Crippen LogP contribution < -0.4 is 10.2 Å². The molecule has 0 saturated carbocycles. The molecule has 0 fully saturated rings. The van der Waals surface area contributed by atoms with Crippen LogP contribution in [0.5, 0.6) is 0 Å². The summed E-state index contributed by atoms with van der Waals surface area (Å²) in [6.07, 6.45) is 7.22. The fourth-order valence-corrected chi connectivity index (χ4v) is 5.13. The molecule has 0 atom stereocenters. The lowest BCUT2D eigenvalue weighted by Gasteiger charge is -2.32. The first kappa shape index (κ1) is 19.8. The van der Waals surface area contributed by atoms with Crippen molar-refractivity contribution in [2.75, 3.05) is 29.9 Å². The van der Waals surface area contributed by atoms with Crippen LogP contribution in [0.15, 0.2) is 42.9 Å². The molecule has 0 unspecified atom stereocenters. The molecule has 158 valence electrons. The van der Waals surface area contributed by atoms with Crippen molar-refractivity contribution in [1.29, 1.82) is 0 Å². The van der Waals surface area contributed by atoms with Gasteiger partial charge in [-0.1, -0.05) is 18.2 Å². The van der Waals surface area contributed by atoms with Gasteiger partial charge in [-0.3, -0.25) is 24.8 Å². The minimum absolute atomic E-state index is 0.135. The first-order valence-electron chi connectivity index (χ1n) is 10.3. The fraction of sp³-hybridized carbons (Fsp3) is 0.318. The predicted octanol–water partition coefficient (Wildman–Crippen LogP) is 2.52. The molecule has 0 saturated heterocycles. The maximum absolute atomic E-state index is 13.1. The number of nitrogens with one attached hydrogen (secondary N) is 1. The molecule has 4 heterocycles. The van der Waals surface area contributed by atoms with Crippen LogP contribution in [0.2, 0.25) is 0 Å². The number of hydrogen-bond acceptors (Lipinski definition) is 7. The zero-order chi connectivity index (χ0) is 21.2. The van der Waals surface area contributed by atoms with Crippen molar-refractivity contribution < 1.29 is 9.59 Å². The highest BCUT2D eigenvalue weighted by atomic mass is 32.1. The second-order valence-corrected chi connectivity index (χ2v) is 8.76. The number of rotatable bonds is 4. The molecule has 3 aromatic rings. The number of thiazole rings is 1. The zero-order valence-corrected chi connectivity index (χ0v) is 17.8. The van der Waals surface area contributed by atoms with Crippen molar-refractivity contribution >= 4 is 34.0 Å². The molecule has 2 amide bonds. The van der Waals surface area contributed by atoms with E-state index in [4.69, 9.17) is 0 Å². The van der Waals surface area contributed by atoms with E-state index in [-0.39, 0.29) is 17.5 Å². The Morgan fingerprint density at radius 2 is 2.03 bits per heavy atom. The number of amides is 2. The van der Waals surface area contributed by atoms with E-state index in [0.29, 0.717) is 18.2 Å². The van der Waals surface area contributed by atoms with Gasteiger partial charge in [-0.05, 0) is 24.5 Å². The molecule has 0 spiro atoms. The minimum atomic E-state index is -0.324. The number of anilines is 2. The van der Waals surface area contributed by atoms with Crippen molar-refractivity contribution in [3.8, 4) is 0 Å². The number of benzene rings is 1. The van der Waals surface area contributed by atoms with Crippen LogP contribution in [0.3, 0.4) is 0 Å². The van der Waals surface area contributed by atoms with E-state index in [9.17, 15) is 9.59 Å². The van der Waals surface area contributed by atoms with E-state index in [2.05, 4.69) is 31.2 Å². The molecule has 2 aromatic heterocycles. The van der Waals surface area contributed by atoms with Gasteiger partial charge in [-0.25, -0.2) is 9.97 Å². The molecule has 31 heavy (non-hydrogen) atoms. The van der Waals surface area contributed by atoms with Gasteiger partial charge in [0.2, 0.25) is 5.91 Å². The molecular weight excluding hydrogens is 412 g/mol. The SMILES string of the molecule is O=C(Nc1nc2c(s1)CN(CC(=O)N1CCCc3ccccc31)CC2)c1cnccn1. The summed E-state index contributed by atoms with van der Waals surface area (Å²) in [5, 5.41) is 3.36. The van der Waals surface area contributed by atoms with Crippen LogP contribution in [0, 0.1) is 0 Å². The van der Waals surface area contributed by atoms with E-state index in [0.717, 1.165) is 48.6 Å². The Balaban J connectivity index is 1.23. The van der Waals surface area contributed by atoms with E-state index in [1.165, 1.54) is 35.5 Å². The number of para-hydroxylation sites is 1. The lowest BCUT2D eigenvalue weighted by molar-refractivity contribution is -0.120. The van der Waals surface area contributed by atoms with Crippen molar-refractivity contribution in [3.63, 3.8) is 0 Å². The molecule has 1 N–H and O–H groups in total. The molecule has 0 radical (unpaired) electrons. The molecule has 2 aliphatic heterocycles. The Bertz CT molecular complexity index is 1120. The zero-order valence-electron chi connectivity index (χ0n) is 17.0. The Hall–Kier alpha value is -3.17. The molecule has 1 aromatic carbocycles. The topological polar surface area (TPSA) is 91.3 Å². The Kier molecular flexibility index (Phi) is 5.44. The van der Waals surface area contributed by atoms with Crippen LogP contribution in [0.1, 0.15) is 33.0 Å². The molecule has 2 aliphatic rings. The number of hydrogen-bond donors (Lipinski definition) is 1. The number of carbonyl (C=O) groups excluding carboxylic acids is 2. The molecule has 0 aliphatic carbocycles. The summed E-state index contributed by atoms with van der Waals surface area (Å²) in [7, 11) is 0. The number of aromatic nitrogens is 3. The number of fused-ring (bicyclic) bond motifs is 2. The number of nitrogens with zero attached hydrogens (tertiary/aromatic N) is 5. The third-order valence-electron chi connectivity index (χ3n) is 5.60. The van der Waals surface area contributed by atoms with Crippen LogP contribution >= 0.6 is 11.3 Å². The quantitative estimate of drug-likeness (QED) is 0.679. The average molecular weight is 435 g/mol. The highest BCUT2D eigenvalue weighted by Gasteiger charge is 2.27. The first-order chi connectivity index (χ1) is 15.2. The Morgan fingerprint density at radius 1 is 1.13 bits per heavy atom. The van der Waals surface area contributed by atoms with Crippen LogP contribution in [0.4, 0.5) is 10.8 Å². The van der Waals surface area contributed by atoms with Gasteiger partial charge < -0.3 is 4.90 Å². The standard InChI is InChI=1S/C22H22N6O2S/c29-20(28-10-3-5-15-4-1-2-6-18(15)28)14-27-11-7-16-19(13-27)31-22(25-16)26-21(30)17-12-23-8-9-24-17/h1-2,4,6,8-9,12H,3,5,7,10-11,13-14H2,(H,25,26,30). The van der Waals surface area contributed by atoms with Gasteiger partial charge in [0, 0.05) is 49.0 Å². The smallest absolute Gasteiger partial charge is 0.277 e. The van der Waals surface area contributed by atoms with E-state index in [1.807, 2.05) is 23.1 Å². The monoisotopic (exact) mass is 434 g/mol. The summed E-state index contributed by atoms with van der Waals surface area (Å²) in [5.74, 6) is -0.189. The van der Waals surface area contributed by atoms with Gasteiger partial charge in [0.25, 0.3) is 5.91 Å². The van der Waals surface area contributed by atoms with Crippen molar-refractivity contribution in [1.82, 2.24) is 19.9 Å².